The zero-order valence-corrected chi connectivity index (χ0v) is 19.0. The quantitative estimate of drug-likeness (QED) is 0.241. The summed E-state index contributed by atoms with van der Waals surface area (Å²) in [7, 11) is 1.55. The fourth-order valence-electron chi connectivity index (χ4n) is 2.88. The standard InChI is InChI=1S/C26H25ClN2O4/c1-3-4-19-9-14-24(25(15-19)31-2)33-18-26(30)29-28-16-20-7-12-23(13-8-20)32-17-21-5-10-22(27)11-6-21/h3,5-16H,1,4,17-18H2,2H3,(H,29,30)/b28-16-. The molecule has 6 nitrogen and oxygen atoms in total. The van der Waals surface area contributed by atoms with Crippen molar-refractivity contribution in [1.29, 1.82) is 0 Å². The maximum absolute atomic E-state index is 12.0. The second-order valence-corrected chi connectivity index (χ2v) is 7.48. The molecule has 1 amide bonds. The first-order valence-corrected chi connectivity index (χ1v) is 10.6. The van der Waals surface area contributed by atoms with Crippen LogP contribution in [0.25, 0.3) is 0 Å². The van der Waals surface area contributed by atoms with Crippen molar-refractivity contribution in [3.63, 3.8) is 0 Å². The summed E-state index contributed by atoms with van der Waals surface area (Å²) in [6, 6.07) is 20.4. The van der Waals surface area contributed by atoms with Crippen LogP contribution in [0.5, 0.6) is 17.2 Å². The molecule has 3 rings (SSSR count). The molecule has 7 heteroatoms. The number of hydrazone groups is 1. The largest absolute Gasteiger partial charge is 0.493 e. The van der Waals surface area contributed by atoms with E-state index in [4.69, 9.17) is 25.8 Å². The Kier molecular flexibility index (Phi) is 8.91. The first kappa shape index (κ1) is 23.9. The Morgan fingerprint density at radius 1 is 1.00 bits per heavy atom. The van der Waals surface area contributed by atoms with Crippen molar-refractivity contribution in [2.24, 2.45) is 5.10 Å². The second-order valence-electron chi connectivity index (χ2n) is 7.04. The minimum Gasteiger partial charge on any atom is -0.493 e. The summed E-state index contributed by atoms with van der Waals surface area (Å²) in [5.74, 6) is 1.39. The van der Waals surface area contributed by atoms with Gasteiger partial charge in [0.1, 0.15) is 12.4 Å². The molecule has 170 valence electrons. The number of benzene rings is 3. The van der Waals surface area contributed by atoms with Gasteiger partial charge in [-0.25, -0.2) is 5.43 Å². The average Bonchev–Trinajstić information content (AvgIpc) is 2.84. The molecule has 0 saturated heterocycles. The van der Waals surface area contributed by atoms with Gasteiger partial charge < -0.3 is 14.2 Å². The summed E-state index contributed by atoms with van der Waals surface area (Å²) in [6.45, 7) is 3.98. The Hall–Kier alpha value is -3.77. The number of nitrogens with one attached hydrogen (secondary N) is 1. The molecule has 3 aromatic carbocycles. The fourth-order valence-corrected chi connectivity index (χ4v) is 3.00. The summed E-state index contributed by atoms with van der Waals surface area (Å²) in [5, 5.41) is 4.66. The van der Waals surface area contributed by atoms with Gasteiger partial charge in [-0.15, -0.1) is 6.58 Å². The molecule has 0 saturated carbocycles. The van der Waals surface area contributed by atoms with Crippen molar-refractivity contribution < 1.29 is 19.0 Å². The van der Waals surface area contributed by atoms with Gasteiger partial charge >= 0.3 is 0 Å². The van der Waals surface area contributed by atoms with Gasteiger partial charge in [0.15, 0.2) is 18.1 Å². The molecule has 33 heavy (non-hydrogen) atoms. The van der Waals surface area contributed by atoms with Crippen LogP contribution in [0.3, 0.4) is 0 Å². The van der Waals surface area contributed by atoms with Crippen molar-refractivity contribution in [2.75, 3.05) is 13.7 Å². The van der Waals surface area contributed by atoms with Crippen LogP contribution in [0, 0.1) is 0 Å². The minimum atomic E-state index is -0.383. The third kappa shape index (κ3) is 7.70. The summed E-state index contributed by atoms with van der Waals surface area (Å²) in [6.07, 6.45) is 4.08. The Morgan fingerprint density at radius 3 is 2.42 bits per heavy atom. The van der Waals surface area contributed by atoms with Crippen LogP contribution in [0.1, 0.15) is 16.7 Å². The SMILES string of the molecule is C=CCc1ccc(OCC(=O)N/N=C\c2ccc(OCc3ccc(Cl)cc3)cc2)c(OC)c1. The lowest BCUT2D eigenvalue weighted by Crippen LogP contribution is -2.24. The number of allylic oxidation sites excluding steroid dienone is 1. The lowest BCUT2D eigenvalue weighted by Gasteiger charge is -2.11. The third-order valence-corrected chi connectivity index (χ3v) is 4.82. The average molecular weight is 465 g/mol. The van der Waals surface area contributed by atoms with E-state index in [1.165, 1.54) is 0 Å². The number of ether oxygens (including phenoxy) is 3. The number of carbonyl (C=O) groups is 1. The molecule has 1 N–H and O–H groups in total. The van der Waals surface area contributed by atoms with E-state index < -0.39 is 0 Å². The van der Waals surface area contributed by atoms with Crippen LogP contribution in [0.15, 0.2) is 84.5 Å². The van der Waals surface area contributed by atoms with Crippen molar-refractivity contribution in [3.8, 4) is 17.2 Å². The van der Waals surface area contributed by atoms with Gasteiger partial charge in [-0.2, -0.15) is 5.10 Å². The molecule has 0 fully saturated rings. The summed E-state index contributed by atoms with van der Waals surface area (Å²) >= 11 is 5.89. The maximum atomic E-state index is 12.0. The van der Waals surface area contributed by atoms with Crippen molar-refractivity contribution in [3.05, 3.63) is 101 Å². The van der Waals surface area contributed by atoms with Crippen LogP contribution in [0.4, 0.5) is 0 Å². The lowest BCUT2D eigenvalue weighted by atomic mass is 10.1. The van der Waals surface area contributed by atoms with E-state index in [-0.39, 0.29) is 12.5 Å². The highest BCUT2D eigenvalue weighted by Gasteiger charge is 2.08. The highest BCUT2D eigenvalue weighted by atomic mass is 35.5. The topological polar surface area (TPSA) is 69.2 Å². The second kappa shape index (κ2) is 12.3. The molecule has 0 aromatic heterocycles. The van der Waals surface area contributed by atoms with Gasteiger partial charge in [0.05, 0.1) is 13.3 Å². The monoisotopic (exact) mass is 464 g/mol. The smallest absolute Gasteiger partial charge is 0.277 e. The highest BCUT2D eigenvalue weighted by molar-refractivity contribution is 6.30. The number of nitrogens with zero attached hydrogens (tertiary/aromatic N) is 1. The lowest BCUT2D eigenvalue weighted by molar-refractivity contribution is -0.123. The van der Waals surface area contributed by atoms with Gasteiger partial charge in [-0.3, -0.25) is 4.79 Å². The normalized spacial score (nSPS) is 10.6. The summed E-state index contributed by atoms with van der Waals surface area (Å²) in [5.41, 5.74) is 5.33. The molecule has 0 radical (unpaired) electrons. The van der Waals surface area contributed by atoms with Crippen LogP contribution in [-0.2, 0) is 17.8 Å². The molecule has 0 unspecified atom stereocenters. The number of methoxy groups -OCH3 is 1. The van der Waals surface area contributed by atoms with Crippen molar-refractivity contribution >= 4 is 23.7 Å². The van der Waals surface area contributed by atoms with Crippen molar-refractivity contribution in [2.45, 2.75) is 13.0 Å². The van der Waals surface area contributed by atoms with E-state index >= 15 is 0 Å². The molecule has 0 aliphatic carbocycles. The molecular weight excluding hydrogens is 440 g/mol. The van der Waals surface area contributed by atoms with E-state index in [2.05, 4.69) is 17.1 Å². The highest BCUT2D eigenvalue weighted by Crippen LogP contribution is 2.28. The Bertz CT molecular complexity index is 1100. The molecule has 0 aliphatic rings. The Labute approximate surface area is 198 Å². The maximum Gasteiger partial charge on any atom is 0.277 e. The number of halogens is 1. The van der Waals surface area contributed by atoms with Gasteiger partial charge in [-0.1, -0.05) is 35.9 Å². The predicted molar refractivity (Wildman–Crippen MR) is 130 cm³/mol. The summed E-state index contributed by atoms with van der Waals surface area (Å²) in [4.78, 5) is 12.0. The van der Waals surface area contributed by atoms with E-state index in [0.717, 1.165) is 28.9 Å². The first-order chi connectivity index (χ1) is 16.1. The Morgan fingerprint density at radius 2 is 1.73 bits per heavy atom. The van der Waals surface area contributed by atoms with E-state index in [1.54, 1.807) is 19.4 Å². The zero-order valence-electron chi connectivity index (χ0n) is 18.3. The van der Waals surface area contributed by atoms with E-state index in [1.807, 2.05) is 66.7 Å². The fraction of sp³-hybridized carbons (Fsp3) is 0.154. The molecule has 0 aliphatic heterocycles. The molecule has 3 aromatic rings. The van der Waals surface area contributed by atoms with Crippen LogP contribution in [0.2, 0.25) is 5.02 Å². The Balaban J connectivity index is 1.44. The van der Waals surface area contributed by atoms with Gasteiger partial charge in [0.25, 0.3) is 5.91 Å². The van der Waals surface area contributed by atoms with Gasteiger partial charge in [-0.05, 0) is 71.6 Å². The van der Waals surface area contributed by atoms with Gasteiger partial charge in [0, 0.05) is 5.02 Å². The number of hydrogen-bond donors (Lipinski definition) is 1. The predicted octanol–water partition coefficient (Wildman–Crippen LogP) is 5.19. The minimum absolute atomic E-state index is 0.189. The van der Waals surface area contributed by atoms with Crippen LogP contribution < -0.4 is 19.6 Å². The molecule has 0 heterocycles. The molecule has 0 atom stereocenters. The van der Waals surface area contributed by atoms with Crippen LogP contribution >= 0.6 is 11.6 Å². The van der Waals surface area contributed by atoms with Crippen molar-refractivity contribution in [1.82, 2.24) is 5.43 Å². The summed E-state index contributed by atoms with van der Waals surface area (Å²) < 4.78 is 16.6. The van der Waals surface area contributed by atoms with E-state index in [9.17, 15) is 4.79 Å². The molecule has 0 spiro atoms. The zero-order chi connectivity index (χ0) is 23.5. The first-order valence-electron chi connectivity index (χ1n) is 10.3. The number of hydrogen-bond acceptors (Lipinski definition) is 5. The number of carbonyl (C=O) groups excluding carboxylic acids is 1. The van der Waals surface area contributed by atoms with Gasteiger partial charge in [0.2, 0.25) is 0 Å². The molecular formula is C26H25ClN2O4. The van der Waals surface area contributed by atoms with Crippen LogP contribution in [-0.4, -0.2) is 25.8 Å². The number of rotatable bonds is 11. The third-order valence-electron chi connectivity index (χ3n) is 4.57. The molecule has 0 bridgehead atoms. The van der Waals surface area contributed by atoms with E-state index in [0.29, 0.717) is 23.1 Å². The number of amides is 1.